The van der Waals surface area contributed by atoms with Crippen molar-refractivity contribution < 1.29 is 9.53 Å². The van der Waals surface area contributed by atoms with Gasteiger partial charge in [-0.3, -0.25) is 9.36 Å². The van der Waals surface area contributed by atoms with Crippen molar-refractivity contribution >= 4 is 27.8 Å². The van der Waals surface area contributed by atoms with Crippen LogP contribution in [0.4, 0.5) is 0 Å². The lowest BCUT2D eigenvalue weighted by atomic mass is 10.0. The Kier molecular flexibility index (Phi) is 4.39. The summed E-state index contributed by atoms with van der Waals surface area (Å²) in [6, 6.07) is 14.8. The summed E-state index contributed by atoms with van der Waals surface area (Å²) < 4.78 is 6.54. The Morgan fingerprint density at radius 3 is 2.25 bits per heavy atom. The minimum absolute atomic E-state index is 0.138. The zero-order chi connectivity index (χ0) is 19.8. The van der Waals surface area contributed by atoms with Gasteiger partial charge < -0.3 is 4.74 Å². The van der Waals surface area contributed by atoms with Crippen molar-refractivity contribution in [2.75, 3.05) is 7.11 Å². The van der Waals surface area contributed by atoms with Gasteiger partial charge in [-0.25, -0.2) is 14.8 Å². The van der Waals surface area contributed by atoms with Gasteiger partial charge in [-0.1, -0.05) is 30.3 Å². The maximum Gasteiger partial charge on any atom is 0.340 e. The zero-order valence-corrected chi connectivity index (χ0v) is 15.9. The van der Waals surface area contributed by atoms with E-state index in [0.29, 0.717) is 28.0 Å². The van der Waals surface area contributed by atoms with Crippen LogP contribution < -0.4 is 5.56 Å². The Bertz CT molecular complexity index is 1290. The topological polar surface area (TPSA) is 74.1 Å². The van der Waals surface area contributed by atoms with Crippen LogP contribution >= 0.6 is 0 Å². The average molecular weight is 373 g/mol. The number of aromatic nitrogens is 3. The molecule has 0 bridgehead atoms. The SMILES string of the molecule is COC(=O)c1c(Cn2c(C)nc3ccccc3c2=O)nc2ccccc2c1C. The van der Waals surface area contributed by atoms with E-state index in [9.17, 15) is 9.59 Å². The minimum atomic E-state index is -0.467. The van der Waals surface area contributed by atoms with E-state index in [4.69, 9.17) is 4.74 Å². The molecule has 0 aliphatic rings. The number of hydrogen-bond acceptors (Lipinski definition) is 5. The second-order valence-electron chi connectivity index (χ2n) is 6.63. The molecule has 140 valence electrons. The van der Waals surface area contributed by atoms with Crippen LogP contribution in [0.15, 0.2) is 53.3 Å². The zero-order valence-electron chi connectivity index (χ0n) is 15.9. The number of carbonyl (C=O) groups excluding carboxylic acids is 1. The first-order valence-corrected chi connectivity index (χ1v) is 8.94. The first kappa shape index (κ1) is 17.9. The number of fused-ring (bicyclic) bond motifs is 2. The highest BCUT2D eigenvalue weighted by Gasteiger charge is 2.21. The number of para-hydroxylation sites is 2. The number of ether oxygens (including phenoxy) is 1. The highest BCUT2D eigenvalue weighted by molar-refractivity contribution is 5.98. The Labute approximate surface area is 161 Å². The molecule has 28 heavy (non-hydrogen) atoms. The summed E-state index contributed by atoms with van der Waals surface area (Å²) in [6.07, 6.45) is 0. The Morgan fingerprint density at radius 2 is 1.57 bits per heavy atom. The molecule has 0 fully saturated rings. The van der Waals surface area contributed by atoms with Crippen LogP contribution in [0.3, 0.4) is 0 Å². The first-order valence-electron chi connectivity index (χ1n) is 8.94. The van der Waals surface area contributed by atoms with Crippen molar-refractivity contribution in [2.45, 2.75) is 20.4 Å². The molecule has 0 aliphatic heterocycles. The highest BCUT2D eigenvalue weighted by atomic mass is 16.5. The molecule has 4 aromatic rings. The van der Waals surface area contributed by atoms with Crippen LogP contribution in [0.1, 0.15) is 27.4 Å². The largest absolute Gasteiger partial charge is 0.465 e. The van der Waals surface area contributed by atoms with Crippen molar-refractivity contribution in [3.63, 3.8) is 0 Å². The molecule has 2 heterocycles. The van der Waals surface area contributed by atoms with E-state index in [1.165, 1.54) is 7.11 Å². The molecule has 0 saturated heterocycles. The molecule has 0 unspecified atom stereocenters. The van der Waals surface area contributed by atoms with Crippen molar-refractivity contribution in [1.82, 2.24) is 14.5 Å². The molecule has 2 aromatic heterocycles. The third-order valence-corrected chi connectivity index (χ3v) is 4.98. The Balaban J connectivity index is 1.97. The maximum absolute atomic E-state index is 13.0. The predicted molar refractivity (Wildman–Crippen MR) is 108 cm³/mol. The molecule has 0 N–H and O–H groups in total. The van der Waals surface area contributed by atoms with E-state index in [0.717, 1.165) is 16.5 Å². The van der Waals surface area contributed by atoms with Gasteiger partial charge in [0.15, 0.2) is 0 Å². The molecule has 6 heteroatoms. The summed E-state index contributed by atoms with van der Waals surface area (Å²) >= 11 is 0. The molecule has 4 rings (SSSR count). The van der Waals surface area contributed by atoms with E-state index in [2.05, 4.69) is 9.97 Å². The van der Waals surface area contributed by atoms with Crippen LogP contribution in [-0.4, -0.2) is 27.6 Å². The fourth-order valence-electron chi connectivity index (χ4n) is 3.54. The summed E-state index contributed by atoms with van der Waals surface area (Å²) in [5.74, 6) is 0.0948. The standard InChI is InChI=1S/C22H19N3O3/c1-13-15-8-4-6-10-17(15)24-19(20(13)22(27)28-3)12-25-14(2)23-18-11-7-5-9-16(18)21(25)26/h4-11H,12H2,1-3H3. The fourth-order valence-corrected chi connectivity index (χ4v) is 3.54. The number of nitrogens with zero attached hydrogens (tertiary/aromatic N) is 3. The first-order chi connectivity index (χ1) is 13.5. The smallest absolute Gasteiger partial charge is 0.340 e. The van der Waals surface area contributed by atoms with Gasteiger partial charge >= 0.3 is 5.97 Å². The normalized spacial score (nSPS) is 11.1. The Morgan fingerprint density at radius 1 is 0.964 bits per heavy atom. The van der Waals surface area contributed by atoms with E-state index in [1.807, 2.05) is 49.4 Å². The summed E-state index contributed by atoms with van der Waals surface area (Å²) in [5, 5.41) is 1.41. The second-order valence-corrected chi connectivity index (χ2v) is 6.63. The van der Waals surface area contributed by atoms with Crippen LogP contribution in [0, 0.1) is 13.8 Å². The van der Waals surface area contributed by atoms with Gasteiger partial charge in [0, 0.05) is 5.39 Å². The number of carbonyl (C=O) groups is 1. The molecular weight excluding hydrogens is 354 g/mol. The molecule has 0 aliphatic carbocycles. The maximum atomic E-state index is 13.0. The predicted octanol–water partition coefficient (Wildman–Crippen LogP) is 3.40. The van der Waals surface area contributed by atoms with Crippen molar-refractivity contribution in [1.29, 1.82) is 0 Å². The summed E-state index contributed by atoms with van der Waals surface area (Å²) in [7, 11) is 1.34. The van der Waals surface area contributed by atoms with Crippen LogP contribution in [0.5, 0.6) is 0 Å². The van der Waals surface area contributed by atoms with Gasteiger partial charge in [0.25, 0.3) is 5.56 Å². The lowest BCUT2D eigenvalue weighted by Crippen LogP contribution is -2.26. The average Bonchev–Trinajstić information content (AvgIpc) is 2.71. The number of esters is 1. The third kappa shape index (κ3) is 2.83. The molecule has 0 atom stereocenters. The molecule has 0 saturated carbocycles. The molecule has 0 radical (unpaired) electrons. The van der Waals surface area contributed by atoms with Crippen LogP contribution in [-0.2, 0) is 11.3 Å². The van der Waals surface area contributed by atoms with Gasteiger partial charge in [-0.05, 0) is 37.6 Å². The summed E-state index contributed by atoms with van der Waals surface area (Å²) in [6.45, 7) is 3.78. The number of pyridine rings is 1. The van der Waals surface area contributed by atoms with Crippen LogP contribution in [0.25, 0.3) is 21.8 Å². The van der Waals surface area contributed by atoms with Gasteiger partial charge in [0.05, 0.1) is 41.3 Å². The quantitative estimate of drug-likeness (QED) is 0.515. The molecule has 2 aromatic carbocycles. The van der Waals surface area contributed by atoms with Gasteiger partial charge in [0.1, 0.15) is 5.82 Å². The number of rotatable bonds is 3. The number of aryl methyl sites for hydroxylation is 2. The van der Waals surface area contributed by atoms with Gasteiger partial charge in [-0.2, -0.15) is 0 Å². The lowest BCUT2D eigenvalue weighted by Gasteiger charge is -2.16. The monoisotopic (exact) mass is 373 g/mol. The number of hydrogen-bond donors (Lipinski definition) is 0. The van der Waals surface area contributed by atoms with Gasteiger partial charge in [-0.15, -0.1) is 0 Å². The fraction of sp³-hybridized carbons (Fsp3) is 0.182. The second kappa shape index (κ2) is 6.88. The van der Waals surface area contributed by atoms with E-state index in [-0.39, 0.29) is 12.1 Å². The molecule has 6 nitrogen and oxygen atoms in total. The number of methoxy groups -OCH3 is 1. The van der Waals surface area contributed by atoms with Crippen molar-refractivity contribution in [2.24, 2.45) is 0 Å². The van der Waals surface area contributed by atoms with E-state index >= 15 is 0 Å². The minimum Gasteiger partial charge on any atom is -0.465 e. The molecular formula is C22H19N3O3. The third-order valence-electron chi connectivity index (χ3n) is 4.98. The summed E-state index contributed by atoms with van der Waals surface area (Å²) in [5.41, 5.74) is 2.92. The van der Waals surface area contributed by atoms with Crippen molar-refractivity contribution in [3.05, 3.63) is 81.5 Å². The van der Waals surface area contributed by atoms with E-state index < -0.39 is 5.97 Å². The van der Waals surface area contributed by atoms with Crippen molar-refractivity contribution in [3.8, 4) is 0 Å². The lowest BCUT2D eigenvalue weighted by molar-refractivity contribution is 0.0598. The van der Waals surface area contributed by atoms with Crippen LogP contribution in [0.2, 0.25) is 0 Å². The van der Waals surface area contributed by atoms with Gasteiger partial charge in [0.2, 0.25) is 0 Å². The molecule has 0 spiro atoms. The highest BCUT2D eigenvalue weighted by Crippen LogP contribution is 2.24. The van der Waals surface area contributed by atoms with E-state index in [1.54, 1.807) is 17.6 Å². The number of benzene rings is 2. The Hall–Kier alpha value is -3.54. The molecule has 0 amide bonds. The summed E-state index contributed by atoms with van der Waals surface area (Å²) in [4.78, 5) is 34.7.